The number of hydrogen-bond acceptors (Lipinski definition) is 4. The fourth-order valence-electron chi connectivity index (χ4n) is 1.58. The van der Waals surface area contributed by atoms with Crippen molar-refractivity contribution >= 4 is 17.6 Å². The van der Waals surface area contributed by atoms with Crippen LogP contribution in [-0.4, -0.2) is 23.1 Å². The van der Waals surface area contributed by atoms with Gasteiger partial charge in [0.05, 0.1) is 6.54 Å². The SMILES string of the molecule is CN=C(NCc1ccc(Cl)cc1)NCc1noc(C)n1. The van der Waals surface area contributed by atoms with Gasteiger partial charge in [0, 0.05) is 25.5 Å². The van der Waals surface area contributed by atoms with Crippen molar-refractivity contribution in [3.05, 3.63) is 46.6 Å². The number of halogens is 1. The lowest BCUT2D eigenvalue weighted by Gasteiger charge is -2.10. The van der Waals surface area contributed by atoms with Crippen LogP contribution in [0.2, 0.25) is 5.02 Å². The van der Waals surface area contributed by atoms with E-state index in [4.69, 9.17) is 16.1 Å². The molecule has 106 valence electrons. The van der Waals surface area contributed by atoms with E-state index < -0.39 is 0 Å². The number of nitrogens with one attached hydrogen (secondary N) is 2. The van der Waals surface area contributed by atoms with Crippen molar-refractivity contribution in [2.45, 2.75) is 20.0 Å². The van der Waals surface area contributed by atoms with E-state index >= 15 is 0 Å². The Morgan fingerprint density at radius 3 is 2.55 bits per heavy atom. The molecule has 1 heterocycles. The van der Waals surface area contributed by atoms with Gasteiger partial charge in [-0.3, -0.25) is 4.99 Å². The molecule has 0 radical (unpaired) electrons. The number of aryl methyl sites for hydroxylation is 1. The summed E-state index contributed by atoms with van der Waals surface area (Å²) in [5.74, 6) is 1.81. The van der Waals surface area contributed by atoms with Crippen molar-refractivity contribution in [3.8, 4) is 0 Å². The first-order valence-electron chi connectivity index (χ1n) is 6.15. The summed E-state index contributed by atoms with van der Waals surface area (Å²) < 4.78 is 4.90. The lowest BCUT2D eigenvalue weighted by Crippen LogP contribution is -2.36. The second kappa shape index (κ2) is 6.91. The van der Waals surface area contributed by atoms with E-state index in [0.717, 1.165) is 10.6 Å². The lowest BCUT2D eigenvalue weighted by atomic mass is 10.2. The van der Waals surface area contributed by atoms with Crippen LogP contribution >= 0.6 is 11.6 Å². The van der Waals surface area contributed by atoms with Gasteiger partial charge in [-0.05, 0) is 17.7 Å². The third-order valence-electron chi connectivity index (χ3n) is 2.58. The number of guanidine groups is 1. The van der Waals surface area contributed by atoms with Gasteiger partial charge in [-0.2, -0.15) is 4.98 Å². The standard InChI is InChI=1S/C13H16ClN5O/c1-9-18-12(19-20-9)8-17-13(15-2)16-7-10-3-5-11(14)6-4-10/h3-6H,7-8H2,1-2H3,(H2,15,16,17). The highest BCUT2D eigenvalue weighted by molar-refractivity contribution is 6.30. The predicted octanol–water partition coefficient (Wildman–Crippen LogP) is 1.90. The number of hydrogen-bond donors (Lipinski definition) is 2. The molecular formula is C13H16ClN5O. The van der Waals surface area contributed by atoms with Gasteiger partial charge in [0.15, 0.2) is 11.8 Å². The molecule has 0 aliphatic carbocycles. The molecule has 20 heavy (non-hydrogen) atoms. The van der Waals surface area contributed by atoms with E-state index in [0.29, 0.717) is 30.8 Å². The van der Waals surface area contributed by atoms with Crippen molar-refractivity contribution in [3.63, 3.8) is 0 Å². The van der Waals surface area contributed by atoms with Crippen molar-refractivity contribution in [2.24, 2.45) is 4.99 Å². The van der Waals surface area contributed by atoms with Gasteiger partial charge in [-0.1, -0.05) is 28.9 Å². The molecule has 0 aliphatic heterocycles. The number of rotatable bonds is 4. The average Bonchev–Trinajstić information content (AvgIpc) is 2.87. The van der Waals surface area contributed by atoms with E-state index in [9.17, 15) is 0 Å². The van der Waals surface area contributed by atoms with Gasteiger partial charge < -0.3 is 15.2 Å². The molecular weight excluding hydrogens is 278 g/mol. The van der Waals surface area contributed by atoms with Crippen LogP contribution in [0.25, 0.3) is 0 Å². The number of aromatic nitrogens is 2. The molecule has 0 aliphatic rings. The molecule has 0 saturated heterocycles. The normalized spacial score (nSPS) is 11.4. The molecule has 2 N–H and O–H groups in total. The molecule has 7 heteroatoms. The number of aliphatic imine (C=N–C) groups is 1. The molecule has 0 spiro atoms. The highest BCUT2D eigenvalue weighted by atomic mass is 35.5. The first-order chi connectivity index (χ1) is 9.67. The zero-order valence-electron chi connectivity index (χ0n) is 11.4. The second-order valence-electron chi connectivity index (χ2n) is 4.14. The Kier molecular flexibility index (Phi) is 4.95. The Bertz CT molecular complexity index is 579. The molecule has 0 saturated carbocycles. The molecule has 0 bridgehead atoms. The Hall–Kier alpha value is -2.08. The van der Waals surface area contributed by atoms with Crippen LogP contribution in [0.5, 0.6) is 0 Å². The molecule has 0 atom stereocenters. The predicted molar refractivity (Wildman–Crippen MR) is 77.5 cm³/mol. The summed E-state index contributed by atoms with van der Waals surface area (Å²) in [6, 6.07) is 7.64. The van der Waals surface area contributed by atoms with E-state index in [2.05, 4.69) is 25.8 Å². The maximum absolute atomic E-state index is 5.84. The monoisotopic (exact) mass is 293 g/mol. The minimum absolute atomic E-state index is 0.456. The molecule has 2 aromatic rings. The summed E-state index contributed by atoms with van der Waals surface area (Å²) in [6.45, 7) is 2.86. The lowest BCUT2D eigenvalue weighted by molar-refractivity contribution is 0.387. The molecule has 1 aromatic carbocycles. The summed E-state index contributed by atoms with van der Waals surface area (Å²) in [6.07, 6.45) is 0. The fourth-order valence-corrected chi connectivity index (χ4v) is 1.71. The van der Waals surface area contributed by atoms with Crippen LogP contribution in [0, 0.1) is 6.92 Å². The molecule has 0 fully saturated rings. The van der Waals surface area contributed by atoms with Crippen LogP contribution in [0.4, 0.5) is 0 Å². The molecule has 1 aromatic heterocycles. The van der Waals surface area contributed by atoms with Crippen LogP contribution in [-0.2, 0) is 13.1 Å². The van der Waals surface area contributed by atoms with Gasteiger partial charge in [0.2, 0.25) is 5.89 Å². The second-order valence-corrected chi connectivity index (χ2v) is 4.57. The Morgan fingerprint density at radius 2 is 1.95 bits per heavy atom. The maximum Gasteiger partial charge on any atom is 0.223 e. The van der Waals surface area contributed by atoms with Gasteiger partial charge in [0.25, 0.3) is 0 Å². The fraction of sp³-hybridized carbons (Fsp3) is 0.308. The molecule has 2 rings (SSSR count). The van der Waals surface area contributed by atoms with Gasteiger partial charge in [-0.15, -0.1) is 0 Å². The summed E-state index contributed by atoms with van der Waals surface area (Å²) in [7, 11) is 1.71. The van der Waals surface area contributed by atoms with E-state index in [1.165, 1.54) is 0 Å². The highest BCUT2D eigenvalue weighted by Crippen LogP contribution is 2.08. The minimum atomic E-state index is 0.456. The first kappa shape index (κ1) is 14.3. The number of benzene rings is 1. The third kappa shape index (κ3) is 4.24. The average molecular weight is 294 g/mol. The number of nitrogens with zero attached hydrogens (tertiary/aromatic N) is 3. The van der Waals surface area contributed by atoms with E-state index in [1.54, 1.807) is 14.0 Å². The van der Waals surface area contributed by atoms with Crippen molar-refractivity contribution in [1.82, 2.24) is 20.8 Å². The van der Waals surface area contributed by atoms with Crippen LogP contribution in [0.3, 0.4) is 0 Å². The highest BCUT2D eigenvalue weighted by Gasteiger charge is 2.03. The van der Waals surface area contributed by atoms with Crippen molar-refractivity contribution < 1.29 is 4.52 Å². The van der Waals surface area contributed by atoms with E-state index in [1.807, 2.05) is 24.3 Å². The molecule has 0 unspecified atom stereocenters. The zero-order chi connectivity index (χ0) is 14.4. The Balaban J connectivity index is 1.82. The quantitative estimate of drug-likeness (QED) is 0.665. The minimum Gasteiger partial charge on any atom is -0.352 e. The Labute approximate surface area is 122 Å². The largest absolute Gasteiger partial charge is 0.352 e. The summed E-state index contributed by atoms with van der Waals surface area (Å²) in [4.78, 5) is 8.23. The first-order valence-corrected chi connectivity index (χ1v) is 6.53. The third-order valence-corrected chi connectivity index (χ3v) is 2.83. The summed E-state index contributed by atoms with van der Waals surface area (Å²) >= 11 is 5.84. The van der Waals surface area contributed by atoms with E-state index in [-0.39, 0.29) is 0 Å². The van der Waals surface area contributed by atoms with Gasteiger partial charge in [0.1, 0.15) is 0 Å². The van der Waals surface area contributed by atoms with Gasteiger partial charge >= 0.3 is 0 Å². The zero-order valence-corrected chi connectivity index (χ0v) is 12.1. The maximum atomic E-state index is 5.84. The smallest absolute Gasteiger partial charge is 0.223 e. The van der Waals surface area contributed by atoms with Crippen molar-refractivity contribution in [2.75, 3.05) is 7.05 Å². The van der Waals surface area contributed by atoms with Crippen LogP contribution in [0.15, 0.2) is 33.8 Å². The summed E-state index contributed by atoms with van der Waals surface area (Å²) in [5.41, 5.74) is 1.12. The van der Waals surface area contributed by atoms with Crippen LogP contribution < -0.4 is 10.6 Å². The Morgan fingerprint density at radius 1 is 1.25 bits per heavy atom. The van der Waals surface area contributed by atoms with Gasteiger partial charge in [-0.25, -0.2) is 0 Å². The topological polar surface area (TPSA) is 75.3 Å². The summed E-state index contributed by atoms with van der Waals surface area (Å²) in [5, 5.41) is 10.8. The van der Waals surface area contributed by atoms with Crippen molar-refractivity contribution in [1.29, 1.82) is 0 Å². The molecule has 6 nitrogen and oxygen atoms in total. The molecule has 0 amide bonds. The van der Waals surface area contributed by atoms with Crippen LogP contribution in [0.1, 0.15) is 17.3 Å².